The third-order valence-electron chi connectivity index (χ3n) is 5.93. The van der Waals surface area contributed by atoms with Crippen molar-refractivity contribution in [3.05, 3.63) is 42.2 Å². The van der Waals surface area contributed by atoms with Gasteiger partial charge in [-0.1, -0.05) is 25.0 Å². The van der Waals surface area contributed by atoms with Crippen molar-refractivity contribution in [3.63, 3.8) is 0 Å². The molecule has 7 nitrogen and oxygen atoms in total. The summed E-state index contributed by atoms with van der Waals surface area (Å²) >= 11 is 0. The zero-order valence-corrected chi connectivity index (χ0v) is 16.1. The first kappa shape index (κ1) is 18.0. The Morgan fingerprint density at radius 2 is 1.90 bits per heavy atom. The molecular formula is C21H23FN6O. The second kappa shape index (κ2) is 7.42. The first-order valence-corrected chi connectivity index (χ1v) is 10.2. The van der Waals surface area contributed by atoms with Gasteiger partial charge in [0.15, 0.2) is 11.5 Å². The minimum Gasteiger partial charge on any atom is -0.364 e. The number of aromatic nitrogens is 4. The first-order chi connectivity index (χ1) is 14.2. The third-order valence-corrected chi connectivity index (χ3v) is 5.93. The maximum absolute atomic E-state index is 14.2. The van der Waals surface area contributed by atoms with Gasteiger partial charge in [-0.15, -0.1) is 15.3 Å². The van der Waals surface area contributed by atoms with Crippen LogP contribution < -0.4 is 5.32 Å². The van der Waals surface area contributed by atoms with Gasteiger partial charge in [-0.05, 0) is 43.5 Å². The quantitative estimate of drug-likeness (QED) is 0.736. The molecule has 150 valence electrons. The summed E-state index contributed by atoms with van der Waals surface area (Å²) < 4.78 is 15.7. The minimum absolute atomic E-state index is 0.152. The number of fused-ring (bicyclic) bond motifs is 1. The number of nitrogens with zero attached hydrogens (tertiary/aromatic N) is 5. The lowest BCUT2D eigenvalue weighted by molar-refractivity contribution is -0.134. The molecule has 1 aromatic carbocycles. The molecule has 0 spiro atoms. The minimum atomic E-state index is -0.362. The van der Waals surface area contributed by atoms with Gasteiger partial charge in [-0.3, -0.25) is 4.79 Å². The van der Waals surface area contributed by atoms with E-state index in [1.807, 2.05) is 17.0 Å². The summed E-state index contributed by atoms with van der Waals surface area (Å²) in [6.07, 6.45) is 5.27. The van der Waals surface area contributed by atoms with Gasteiger partial charge in [0.1, 0.15) is 11.6 Å². The third kappa shape index (κ3) is 3.43. The van der Waals surface area contributed by atoms with E-state index in [0.717, 1.165) is 25.8 Å². The molecule has 29 heavy (non-hydrogen) atoms. The number of carbonyl (C=O) groups excluding carboxylic acids is 1. The normalized spacial score (nSPS) is 19.9. The Morgan fingerprint density at radius 3 is 2.72 bits per heavy atom. The molecule has 1 saturated carbocycles. The molecular weight excluding hydrogens is 371 g/mol. The summed E-state index contributed by atoms with van der Waals surface area (Å²) in [5.41, 5.74) is 0.914. The number of likely N-dealkylation sites (tertiary alicyclic amines) is 1. The molecule has 1 unspecified atom stereocenters. The molecule has 1 atom stereocenters. The maximum atomic E-state index is 14.2. The fourth-order valence-corrected chi connectivity index (χ4v) is 4.39. The Labute approximate surface area is 167 Å². The smallest absolute Gasteiger partial charge is 0.225 e. The molecule has 3 aromatic rings. The van der Waals surface area contributed by atoms with Crippen LogP contribution in [0.15, 0.2) is 36.4 Å². The van der Waals surface area contributed by atoms with Crippen LogP contribution in [0, 0.1) is 11.7 Å². The largest absolute Gasteiger partial charge is 0.364 e. The summed E-state index contributed by atoms with van der Waals surface area (Å²) in [5.74, 6) is 1.18. The van der Waals surface area contributed by atoms with E-state index >= 15 is 0 Å². The summed E-state index contributed by atoms with van der Waals surface area (Å²) in [6, 6.07) is 10.3. The number of benzene rings is 1. The van der Waals surface area contributed by atoms with Crippen molar-refractivity contribution in [1.29, 1.82) is 0 Å². The van der Waals surface area contributed by atoms with Crippen molar-refractivity contribution in [2.75, 3.05) is 18.4 Å². The van der Waals surface area contributed by atoms with Crippen molar-refractivity contribution < 1.29 is 9.18 Å². The van der Waals surface area contributed by atoms with Crippen LogP contribution in [0.1, 0.15) is 32.1 Å². The van der Waals surface area contributed by atoms with Gasteiger partial charge in [-0.25, -0.2) is 4.39 Å². The van der Waals surface area contributed by atoms with E-state index in [4.69, 9.17) is 0 Å². The van der Waals surface area contributed by atoms with E-state index in [9.17, 15) is 9.18 Å². The molecule has 1 saturated heterocycles. The van der Waals surface area contributed by atoms with Crippen LogP contribution in [-0.2, 0) is 4.79 Å². The highest BCUT2D eigenvalue weighted by Gasteiger charge is 2.32. The zero-order chi connectivity index (χ0) is 19.8. The van der Waals surface area contributed by atoms with E-state index < -0.39 is 0 Å². The number of halogens is 1. The average Bonchev–Trinajstić information content (AvgIpc) is 3.49. The van der Waals surface area contributed by atoms with Gasteiger partial charge in [0.2, 0.25) is 5.91 Å². The van der Waals surface area contributed by atoms with Crippen LogP contribution in [0.25, 0.3) is 17.0 Å². The Balaban J connectivity index is 1.33. The molecule has 1 N–H and O–H groups in total. The van der Waals surface area contributed by atoms with E-state index in [1.165, 1.54) is 18.9 Å². The van der Waals surface area contributed by atoms with Crippen molar-refractivity contribution >= 4 is 17.4 Å². The number of rotatable bonds is 4. The van der Waals surface area contributed by atoms with Crippen molar-refractivity contribution in [2.24, 2.45) is 5.92 Å². The van der Waals surface area contributed by atoms with E-state index in [2.05, 4.69) is 20.6 Å². The van der Waals surface area contributed by atoms with Crippen LogP contribution in [0.4, 0.5) is 10.2 Å². The predicted molar refractivity (Wildman–Crippen MR) is 107 cm³/mol. The molecule has 0 radical (unpaired) electrons. The number of nitrogens with one attached hydrogen (secondary N) is 1. The standard InChI is InChI=1S/C21H23FN6O/c22-17-8-4-3-7-16(17)20-25-24-19-10-9-18(26-28(19)20)23-15-11-12-27(13-15)21(29)14-5-1-2-6-14/h3-4,7-10,14-15H,1-2,5-6,11-13H2,(H,23,26). The van der Waals surface area contributed by atoms with Crippen molar-refractivity contribution in [1.82, 2.24) is 24.7 Å². The second-order valence-electron chi connectivity index (χ2n) is 7.89. The molecule has 3 heterocycles. The summed E-state index contributed by atoms with van der Waals surface area (Å²) in [6.45, 7) is 1.47. The molecule has 2 aliphatic rings. The Morgan fingerprint density at radius 1 is 1.07 bits per heavy atom. The molecule has 2 fully saturated rings. The van der Waals surface area contributed by atoms with Gasteiger partial charge < -0.3 is 10.2 Å². The van der Waals surface area contributed by atoms with Gasteiger partial charge in [0, 0.05) is 25.0 Å². The van der Waals surface area contributed by atoms with Crippen LogP contribution in [0.5, 0.6) is 0 Å². The van der Waals surface area contributed by atoms with Gasteiger partial charge >= 0.3 is 0 Å². The fraction of sp³-hybridized carbons (Fsp3) is 0.429. The highest BCUT2D eigenvalue weighted by atomic mass is 19.1. The van der Waals surface area contributed by atoms with E-state index in [0.29, 0.717) is 35.3 Å². The summed E-state index contributed by atoms with van der Waals surface area (Å²) in [4.78, 5) is 14.6. The van der Waals surface area contributed by atoms with Crippen LogP contribution in [-0.4, -0.2) is 49.7 Å². The SMILES string of the molecule is O=C(C1CCCC1)N1CCC(Nc2ccc3nnc(-c4ccccc4F)n3n2)C1. The van der Waals surface area contributed by atoms with Crippen molar-refractivity contribution in [2.45, 2.75) is 38.1 Å². The highest BCUT2D eigenvalue weighted by molar-refractivity contribution is 5.79. The van der Waals surface area contributed by atoms with Crippen LogP contribution in [0.2, 0.25) is 0 Å². The van der Waals surface area contributed by atoms with E-state index in [-0.39, 0.29) is 17.8 Å². The Hall–Kier alpha value is -3.03. The van der Waals surface area contributed by atoms with Crippen LogP contribution >= 0.6 is 0 Å². The van der Waals surface area contributed by atoms with Gasteiger partial charge in [0.25, 0.3) is 0 Å². The summed E-state index contributed by atoms with van der Waals surface area (Å²) in [5, 5.41) is 16.2. The Kier molecular flexibility index (Phi) is 4.61. The average molecular weight is 394 g/mol. The topological polar surface area (TPSA) is 75.4 Å². The number of amides is 1. The second-order valence-corrected chi connectivity index (χ2v) is 7.89. The molecule has 8 heteroatoms. The number of carbonyl (C=O) groups is 1. The van der Waals surface area contributed by atoms with Crippen molar-refractivity contribution in [3.8, 4) is 11.4 Å². The highest BCUT2D eigenvalue weighted by Crippen LogP contribution is 2.28. The summed E-state index contributed by atoms with van der Waals surface area (Å²) in [7, 11) is 0. The fourth-order valence-electron chi connectivity index (χ4n) is 4.39. The monoisotopic (exact) mass is 394 g/mol. The predicted octanol–water partition coefficient (Wildman–Crippen LogP) is 3.13. The molecule has 1 amide bonds. The molecule has 0 bridgehead atoms. The zero-order valence-electron chi connectivity index (χ0n) is 16.1. The first-order valence-electron chi connectivity index (χ1n) is 10.2. The number of hydrogen-bond donors (Lipinski definition) is 1. The maximum Gasteiger partial charge on any atom is 0.225 e. The lowest BCUT2D eigenvalue weighted by atomic mass is 10.1. The van der Waals surface area contributed by atoms with Crippen LogP contribution in [0.3, 0.4) is 0 Å². The lowest BCUT2D eigenvalue weighted by Gasteiger charge is -2.20. The number of anilines is 1. The van der Waals surface area contributed by atoms with Gasteiger partial charge in [0.05, 0.1) is 5.56 Å². The molecule has 5 rings (SSSR count). The molecule has 2 aromatic heterocycles. The Bertz CT molecular complexity index is 1040. The van der Waals surface area contributed by atoms with E-state index in [1.54, 1.807) is 22.7 Å². The molecule has 1 aliphatic heterocycles. The number of hydrogen-bond acceptors (Lipinski definition) is 5. The lowest BCUT2D eigenvalue weighted by Crippen LogP contribution is -2.35. The molecule has 1 aliphatic carbocycles. The van der Waals surface area contributed by atoms with Gasteiger partial charge in [-0.2, -0.15) is 4.52 Å².